The second kappa shape index (κ2) is 11.8. The summed E-state index contributed by atoms with van der Waals surface area (Å²) < 4.78 is 0. The van der Waals surface area contributed by atoms with Crippen LogP contribution in [0.25, 0.3) is 0 Å². The number of amides is 1. The van der Waals surface area contributed by atoms with Crippen LogP contribution in [0.5, 0.6) is 0 Å². The Labute approximate surface area is 171 Å². The first-order valence-electron chi connectivity index (χ1n) is 9.33. The molecule has 2 unspecified atom stereocenters. The smallest absolute Gasteiger partial charge is 0.225 e. The summed E-state index contributed by atoms with van der Waals surface area (Å²) in [6.45, 7) is 10.0. The minimum absolute atomic E-state index is 0. The molecule has 2 atom stereocenters. The predicted octanol–water partition coefficient (Wildman–Crippen LogP) is 3.90. The Kier molecular flexibility index (Phi) is 11.4. The van der Waals surface area contributed by atoms with E-state index in [9.17, 15) is 4.79 Å². The molecule has 3 N–H and O–H groups in total. The Balaban J connectivity index is 0.00000312. The molecule has 4 nitrogen and oxygen atoms in total. The van der Waals surface area contributed by atoms with Crippen LogP contribution in [0, 0.1) is 5.92 Å². The van der Waals surface area contributed by atoms with E-state index < -0.39 is 0 Å². The number of rotatable bonds is 7. The average molecular weight is 404 g/mol. The summed E-state index contributed by atoms with van der Waals surface area (Å²) in [6.07, 6.45) is 4.07. The van der Waals surface area contributed by atoms with E-state index >= 15 is 0 Å². The molecule has 1 aromatic rings. The molecule has 0 saturated heterocycles. The van der Waals surface area contributed by atoms with E-state index in [1.807, 2.05) is 6.92 Å². The third-order valence-electron chi connectivity index (χ3n) is 5.33. The summed E-state index contributed by atoms with van der Waals surface area (Å²) in [5.74, 6) is 0.0407. The largest absolute Gasteiger partial charge is 0.352 e. The second-order valence-electron chi connectivity index (χ2n) is 7.30. The molecule has 26 heavy (non-hydrogen) atoms. The summed E-state index contributed by atoms with van der Waals surface area (Å²) >= 11 is 0. The zero-order valence-electron chi connectivity index (χ0n) is 16.3. The van der Waals surface area contributed by atoms with Gasteiger partial charge in [0.2, 0.25) is 5.91 Å². The average Bonchev–Trinajstić information content (AvgIpc) is 2.57. The van der Waals surface area contributed by atoms with Gasteiger partial charge in [0.15, 0.2) is 0 Å². The molecule has 1 aliphatic carbocycles. The molecule has 1 saturated carbocycles. The summed E-state index contributed by atoms with van der Waals surface area (Å²) in [5, 5.41) is 3.10. The highest BCUT2D eigenvalue weighted by Crippen LogP contribution is 2.31. The van der Waals surface area contributed by atoms with E-state index in [0.29, 0.717) is 6.54 Å². The van der Waals surface area contributed by atoms with Crippen molar-refractivity contribution < 1.29 is 4.79 Å². The van der Waals surface area contributed by atoms with Gasteiger partial charge in [-0.15, -0.1) is 24.8 Å². The van der Waals surface area contributed by atoms with Gasteiger partial charge < -0.3 is 11.1 Å². The number of nitrogens with one attached hydrogen (secondary N) is 1. The lowest BCUT2D eigenvalue weighted by Gasteiger charge is -2.37. The molecule has 1 aliphatic rings. The highest BCUT2D eigenvalue weighted by Gasteiger charge is 2.37. The first kappa shape index (κ1) is 25.2. The fourth-order valence-corrected chi connectivity index (χ4v) is 3.64. The van der Waals surface area contributed by atoms with Gasteiger partial charge in [-0.25, -0.2) is 0 Å². The highest BCUT2D eigenvalue weighted by molar-refractivity contribution is 5.85. The molecule has 0 aliphatic heterocycles. The number of benzene rings is 1. The van der Waals surface area contributed by atoms with Crippen LogP contribution in [0.15, 0.2) is 24.3 Å². The molecular formula is C20H35Cl2N3O. The highest BCUT2D eigenvalue weighted by atomic mass is 35.5. The van der Waals surface area contributed by atoms with Gasteiger partial charge in [0.1, 0.15) is 0 Å². The molecule has 0 spiro atoms. The van der Waals surface area contributed by atoms with Crippen molar-refractivity contribution in [3.63, 3.8) is 0 Å². The van der Waals surface area contributed by atoms with Gasteiger partial charge in [0.25, 0.3) is 0 Å². The van der Waals surface area contributed by atoms with E-state index in [-0.39, 0.29) is 42.2 Å². The summed E-state index contributed by atoms with van der Waals surface area (Å²) in [7, 11) is 0. The van der Waals surface area contributed by atoms with E-state index in [0.717, 1.165) is 50.9 Å². The molecule has 0 bridgehead atoms. The topological polar surface area (TPSA) is 58.4 Å². The van der Waals surface area contributed by atoms with Crippen LogP contribution in [-0.2, 0) is 17.9 Å². The zero-order chi connectivity index (χ0) is 17.6. The maximum Gasteiger partial charge on any atom is 0.225 e. The van der Waals surface area contributed by atoms with Gasteiger partial charge in [0.05, 0.1) is 5.92 Å². The van der Waals surface area contributed by atoms with Gasteiger partial charge in [-0.1, -0.05) is 51.0 Å². The van der Waals surface area contributed by atoms with Crippen molar-refractivity contribution in [2.24, 2.45) is 11.7 Å². The predicted molar refractivity (Wildman–Crippen MR) is 114 cm³/mol. The standard InChI is InChI=1S/C20H33N3O.2ClH/c1-4-23(5-2)15-17-10-8-9-16(13-17)14-22-19(24)18-11-6-7-12-20(18,3)21;;/h8-10,13,18H,4-7,11-12,14-15,21H2,1-3H3,(H,22,24);2*1H. The van der Waals surface area contributed by atoms with Crippen molar-refractivity contribution in [2.45, 2.75) is 65.1 Å². The first-order valence-corrected chi connectivity index (χ1v) is 9.33. The Morgan fingerprint density at radius 2 is 1.88 bits per heavy atom. The third-order valence-corrected chi connectivity index (χ3v) is 5.33. The van der Waals surface area contributed by atoms with Crippen molar-refractivity contribution in [1.29, 1.82) is 0 Å². The number of hydrogen-bond acceptors (Lipinski definition) is 3. The fraction of sp³-hybridized carbons (Fsp3) is 0.650. The zero-order valence-corrected chi connectivity index (χ0v) is 17.9. The number of nitrogens with zero attached hydrogens (tertiary/aromatic N) is 1. The molecule has 150 valence electrons. The second-order valence-corrected chi connectivity index (χ2v) is 7.30. The van der Waals surface area contributed by atoms with E-state index in [1.54, 1.807) is 0 Å². The van der Waals surface area contributed by atoms with Crippen LogP contribution < -0.4 is 11.1 Å². The van der Waals surface area contributed by atoms with Crippen LogP contribution in [0.2, 0.25) is 0 Å². The van der Waals surface area contributed by atoms with E-state index in [1.165, 1.54) is 5.56 Å². The van der Waals surface area contributed by atoms with Gasteiger partial charge in [-0.2, -0.15) is 0 Å². The minimum atomic E-state index is -0.368. The van der Waals surface area contributed by atoms with E-state index in [2.05, 4.69) is 48.3 Å². The van der Waals surface area contributed by atoms with Crippen molar-refractivity contribution in [3.8, 4) is 0 Å². The molecule has 1 amide bonds. The number of carbonyl (C=O) groups excluding carboxylic acids is 1. The monoisotopic (exact) mass is 403 g/mol. The Bertz CT molecular complexity index is 548. The normalized spacial score (nSPS) is 22.3. The molecule has 1 aromatic carbocycles. The van der Waals surface area contributed by atoms with Crippen molar-refractivity contribution in [1.82, 2.24) is 10.2 Å². The molecule has 0 aromatic heterocycles. The quantitative estimate of drug-likeness (QED) is 0.725. The fourth-order valence-electron chi connectivity index (χ4n) is 3.64. The maximum atomic E-state index is 12.5. The lowest BCUT2D eigenvalue weighted by molar-refractivity contribution is -0.128. The van der Waals surface area contributed by atoms with Crippen LogP contribution in [0.4, 0.5) is 0 Å². The van der Waals surface area contributed by atoms with Crippen LogP contribution >= 0.6 is 24.8 Å². The lowest BCUT2D eigenvalue weighted by atomic mass is 9.74. The molecule has 0 heterocycles. The van der Waals surface area contributed by atoms with Crippen molar-refractivity contribution >= 4 is 30.7 Å². The third kappa shape index (κ3) is 7.07. The van der Waals surface area contributed by atoms with E-state index in [4.69, 9.17) is 5.73 Å². The maximum absolute atomic E-state index is 12.5. The number of carbonyl (C=O) groups is 1. The number of hydrogen-bond donors (Lipinski definition) is 2. The summed E-state index contributed by atoms with van der Waals surface area (Å²) in [6, 6.07) is 8.51. The Morgan fingerprint density at radius 1 is 1.23 bits per heavy atom. The lowest BCUT2D eigenvalue weighted by Crippen LogP contribution is -2.52. The van der Waals surface area contributed by atoms with Crippen LogP contribution in [-0.4, -0.2) is 29.4 Å². The molecule has 6 heteroatoms. The molecule has 0 radical (unpaired) electrons. The van der Waals surface area contributed by atoms with Gasteiger partial charge >= 0.3 is 0 Å². The van der Waals surface area contributed by atoms with Crippen molar-refractivity contribution in [3.05, 3.63) is 35.4 Å². The van der Waals surface area contributed by atoms with Gasteiger partial charge in [-0.05, 0) is 44.0 Å². The number of halogens is 2. The minimum Gasteiger partial charge on any atom is -0.352 e. The first-order chi connectivity index (χ1) is 11.5. The Hall–Kier alpha value is -0.810. The number of nitrogens with two attached hydrogens (primary N) is 1. The summed E-state index contributed by atoms with van der Waals surface area (Å²) in [5.41, 5.74) is 8.42. The summed E-state index contributed by atoms with van der Waals surface area (Å²) in [4.78, 5) is 14.9. The van der Waals surface area contributed by atoms with Crippen LogP contribution in [0.3, 0.4) is 0 Å². The van der Waals surface area contributed by atoms with Gasteiger partial charge in [0, 0.05) is 18.6 Å². The Morgan fingerprint density at radius 3 is 2.50 bits per heavy atom. The molecule has 2 rings (SSSR count). The SMILES string of the molecule is CCN(CC)Cc1cccc(CNC(=O)C2CCCCC2(C)N)c1.Cl.Cl. The van der Waals surface area contributed by atoms with Gasteiger partial charge in [-0.3, -0.25) is 9.69 Å². The molecular weight excluding hydrogens is 369 g/mol. The molecule has 1 fully saturated rings. The van der Waals surface area contributed by atoms with Crippen LogP contribution in [0.1, 0.15) is 57.6 Å². The van der Waals surface area contributed by atoms with Crippen molar-refractivity contribution in [2.75, 3.05) is 13.1 Å².